The van der Waals surface area contributed by atoms with Gasteiger partial charge in [-0.05, 0) is 29.7 Å². The molecule has 0 bridgehead atoms. The SMILES string of the molecule is O=C(C(=O)c1ccc2ccncc2c1)c1ccc(C(F)(F)F)cc1. The fourth-order valence-electron chi connectivity index (χ4n) is 2.30. The average Bonchev–Trinajstić information content (AvgIpc) is 2.59. The maximum atomic E-state index is 12.5. The van der Waals surface area contributed by atoms with Gasteiger partial charge in [0, 0.05) is 28.9 Å². The van der Waals surface area contributed by atoms with Gasteiger partial charge in [0.15, 0.2) is 0 Å². The van der Waals surface area contributed by atoms with Gasteiger partial charge in [-0.25, -0.2) is 0 Å². The van der Waals surface area contributed by atoms with Crippen molar-refractivity contribution in [2.45, 2.75) is 6.18 Å². The highest BCUT2D eigenvalue weighted by atomic mass is 19.4. The minimum Gasteiger partial charge on any atom is -0.285 e. The second-order valence-corrected chi connectivity index (χ2v) is 5.17. The highest BCUT2D eigenvalue weighted by molar-refractivity contribution is 6.49. The van der Waals surface area contributed by atoms with Crippen molar-refractivity contribution in [2.75, 3.05) is 0 Å². The van der Waals surface area contributed by atoms with E-state index in [0.29, 0.717) is 5.39 Å². The molecule has 0 aliphatic rings. The third-order valence-electron chi connectivity index (χ3n) is 3.58. The summed E-state index contributed by atoms with van der Waals surface area (Å²) in [5.41, 5.74) is -0.789. The molecule has 0 unspecified atom stereocenters. The van der Waals surface area contributed by atoms with Crippen LogP contribution >= 0.6 is 0 Å². The lowest BCUT2D eigenvalue weighted by molar-refractivity contribution is -0.137. The molecule has 0 atom stereocenters. The summed E-state index contributed by atoms with van der Waals surface area (Å²) in [5, 5.41) is 1.56. The van der Waals surface area contributed by atoms with E-state index in [9.17, 15) is 22.8 Å². The minimum atomic E-state index is -4.49. The number of nitrogens with zero attached hydrogens (tertiary/aromatic N) is 1. The minimum absolute atomic E-state index is 0.0840. The Balaban J connectivity index is 1.89. The molecule has 0 saturated carbocycles. The van der Waals surface area contributed by atoms with E-state index in [0.717, 1.165) is 29.7 Å². The van der Waals surface area contributed by atoms with Crippen LogP contribution in [0, 0.1) is 0 Å². The van der Waals surface area contributed by atoms with E-state index < -0.39 is 23.3 Å². The van der Waals surface area contributed by atoms with Crippen molar-refractivity contribution >= 4 is 22.3 Å². The number of hydrogen-bond acceptors (Lipinski definition) is 3. The number of rotatable bonds is 3. The monoisotopic (exact) mass is 329 g/mol. The van der Waals surface area contributed by atoms with Gasteiger partial charge in [-0.2, -0.15) is 13.2 Å². The maximum absolute atomic E-state index is 12.5. The highest BCUT2D eigenvalue weighted by Crippen LogP contribution is 2.29. The fraction of sp³-hybridized carbons (Fsp3) is 0.0556. The Morgan fingerprint density at radius 3 is 2.08 bits per heavy atom. The van der Waals surface area contributed by atoms with Gasteiger partial charge in [-0.1, -0.05) is 24.3 Å². The number of alkyl halides is 3. The van der Waals surface area contributed by atoms with Gasteiger partial charge in [-0.15, -0.1) is 0 Å². The van der Waals surface area contributed by atoms with Crippen LogP contribution in [0.1, 0.15) is 26.3 Å². The predicted octanol–water partition coefficient (Wildman–Crippen LogP) is 4.32. The number of carbonyl (C=O) groups is 2. The molecular weight excluding hydrogens is 319 g/mol. The van der Waals surface area contributed by atoms with Crippen LogP contribution in [0.5, 0.6) is 0 Å². The number of hydrogen-bond donors (Lipinski definition) is 0. The first-order valence-corrected chi connectivity index (χ1v) is 6.96. The molecule has 0 aliphatic heterocycles. The molecule has 3 nitrogen and oxygen atoms in total. The van der Waals surface area contributed by atoms with Crippen molar-refractivity contribution in [3.05, 3.63) is 77.6 Å². The summed E-state index contributed by atoms with van der Waals surface area (Å²) in [6.45, 7) is 0. The molecule has 0 spiro atoms. The van der Waals surface area contributed by atoms with Crippen molar-refractivity contribution < 1.29 is 22.8 Å². The summed E-state index contributed by atoms with van der Waals surface area (Å²) in [6, 6.07) is 10.1. The summed E-state index contributed by atoms with van der Waals surface area (Å²) < 4.78 is 37.6. The summed E-state index contributed by atoms with van der Waals surface area (Å²) in [7, 11) is 0. The first-order chi connectivity index (χ1) is 11.4. The summed E-state index contributed by atoms with van der Waals surface area (Å²) in [4.78, 5) is 28.4. The summed E-state index contributed by atoms with van der Waals surface area (Å²) in [5.74, 6) is -1.63. The first-order valence-electron chi connectivity index (χ1n) is 6.96. The first kappa shape index (κ1) is 15.9. The molecule has 120 valence electrons. The zero-order chi connectivity index (χ0) is 17.3. The molecular formula is C18H10F3NO2. The normalized spacial score (nSPS) is 11.5. The van der Waals surface area contributed by atoms with E-state index in [1.807, 2.05) is 0 Å². The molecule has 3 aromatic rings. The standard InChI is InChI=1S/C18H10F3NO2/c19-18(20,21)15-5-3-12(4-6-15)16(23)17(24)13-2-1-11-7-8-22-10-14(11)9-13/h1-10H. The maximum Gasteiger partial charge on any atom is 0.416 e. The summed E-state index contributed by atoms with van der Waals surface area (Å²) in [6.07, 6.45) is -1.32. The molecule has 0 radical (unpaired) electrons. The smallest absolute Gasteiger partial charge is 0.285 e. The highest BCUT2D eigenvalue weighted by Gasteiger charge is 2.30. The molecule has 3 rings (SSSR count). The molecule has 6 heteroatoms. The Kier molecular flexibility index (Phi) is 3.89. The van der Waals surface area contributed by atoms with Gasteiger partial charge in [-0.3, -0.25) is 14.6 Å². The number of halogens is 3. The molecule has 0 amide bonds. The fourth-order valence-corrected chi connectivity index (χ4v) is 2.30. The van der Waals surface area contributed by atoms with Gasteiger partial charge in [0.1, 0.15) is 0 Å². The Morgan fingerprint density at radius 2 is 1.42 bits per heavy atom. The second-order valence-electron chi connectivity index (χ2n) is 5.17. The molecule has 0 fully saturated rings. The predicted molar refractivity (Wildman–Crippen MR) is 81.8 cm³/mol. The number of aromatic nitrogens is 1. The second kappa shape index (κ2) is 5.88. The van der Waals surface area contributed by atoms with Crippen LogP contribution in [0.3, 0.4) is 0 Å². The third kappa shape index (κ3) is 3.03. The van der Waals surface area contributed by atoms with Crippen LogP contribution < -0.4 is 0 Å². The number of ketones is 2. The van der Waals surface area contributed by atoms with Crippen LogP contribution in [0.25, 0.3) is 10.8 Å². The van der Waals surface area contributed by atoms with Gasteiger partial charge in [0.25, 0.3) is 0 Å². The van der Waals surface area contributed by atoms with Crippen molar-refractivity contribution in [3.8, 4) is 0 Å². The lowest BCUT2D eigenvalue weighted by Crippen LogP contribution is -2.15. The zero-order valence-electron chi connectivity index (χ0n) is 12.2. The molecule has 1 heterocycles. The van der Waals surface area contributed by atoms with Crippen molar-refractivity contribution in [1.82, 2.24) is 4.98 Å². The van der Waals surface area contributed by atoms with E-state index in [2.05, 4.69) is 4.98 Å². The Morgan fingerprint density at radius 1 is 0.792 bits per heavy atom. The third-order valence-corrected chi connectivity index (χ3v) is 3.58. The van der Waals surface area contributed by atoms with Gasteiger partial charge in [0.05, 0.1) is 5.56 Å². The molecule has 24 heavy (non-hydrogen) atoms. The van der Waals surface area contributed by atoms with E-state index >= 15 is 0 Å². The van der Waals surface area contributed by atoms with Gasteiger partial charge in [0.2, 0.25) is 11.6 Å². The Hall–Kier alpha value is -3.02. The molecule has 1 aromatic heterocycles. The lowest BCUT2D eigenvalue weighted by Gasteiger charge is -2.07. The van der Waals surface area contributed by atoms with E-state index in [4.69, 9.17) is 0 Å². The lowest BCUT2D eigenvalue weighted by atomic mass is 9.99. The van der Waals surface area contributed by atoms with Crippen LogP contribution in [0.4, 0.5) is 13.2 Å². The van der Waals surface area contributed by atoms with Crippen LogP contribution in [0.2, 0.25) is 0 Å². The molecule has 0 N–H and O–H groups in total. The van der Waals surface area contributed by atoms with Gasteiger partial charge >= 0.3 is 6.18 Å². The van der Waals surface area contributed by atoms with E-state index in [1.54, 1.807) is 24.5 Å². The van der Waals surface area contributed by atoms with Crippen molar-refractivity contribution in [1.29, 1.82) is 0 Å². The van der Waals surface area contributed by atoms with Gasteiger partial charge < -0.3 is 0 Å². The topological polar surface area (TPSA) is 47.0 Å². The Labute approximate surface area is 134 Å². The van der Waals surface area contributed by atoms with Crippen LogP contribution in [0.15, 0.2) is 60.9 Å². The number of benzene rings is 2. The quantitative estimate of drug-likeness (QED) is 0.531. The largest absolute Gasteiger partial charge is 0.416 e. The molecule has 0 aliphatic carbocycles. The van der Waals surface area contributed by atoms with Crippen molar-refractivity contribution in [2.24, 2.45) is 0 Å². The van der Waals surface area contributed by atoms with Crippen LogP contribution in [-0.2, 0) is 6.18 Å². The number of pyridine rings is 1. The number of carbonyl (C=O) groups excluding carboxylic acids is 2. The Bertz CT molecular complexity index is 931. The van der Waals surface area contributed by atoms with E-state index in [1.165, 1.54) is 12.1 Å². The molecule has 0 saturated heterocycles. The average molecular weight is 329 g/mol. The summed E-state index contributed by atoms with van der Waals surface area (Å²) >= 11 is 0. The van der Waals surface area contributed by atoms with E-state index in [-0.39, 0.29) is 11.1 Å². The van der Waals surface area contributed by atoms with Crippen LogP contribution in [-0.4, -0.2) is 16.6 Å². The zero-order valence-corrected chi connectivity index (χ0v) is 12.2. The number of fused-ring (bicyclic) bond motifs is 1. The molecule has 2 aromatic carbocycles. The number of Topliss-reactive ketones (excluding diaryl/α,β-unsaturated/α-hetero) is 2. The van der Waals surface area contributed by atoms with Crippen molar-refractivity contribution in [3.63, 3.8) is 0 Å².